The number of rotatable bonds is 6. The van der Waals surface area contributed by atoms with Crippen molar-refractivity contribution in [1.82, 2.24) is 5.01 Å². The lowest BCUT2D eigenvalue weighted by Gasteiger charge is -2.20. The Morgan fingerprint density at radius 1 is 1.21 bits per heavy atom. The maximum absolute atomic E-state index is 13.7. The Balaban J connectivity index is 1.86. The molecule has 1 amide bonds. The molecule has 1 atom stereocenters. The minimum absolute atomic E-state index is 0.220. The molecule has 2 aromatic rings. The molecule has 7 heteroatoms. The van der Waals surface area contributed by atoms with Crippen LogP contribution < -0.4 is 4.74 Å². The Morgan fingerprint density at radius 2 is 2.00 bits per heavy atom. The van der Waals surface area contributed by atoms with Gasteiger partial charge in [-0.05, 0) is 36.8 Å². The van der Waals surface area contributed by atoms with Crippen LogP contribution in [0, 0.1) is 5.82 Å². The van der Waals surface area contributed by atoms with Gasteiger partial charge in [-0.2, -0.15) is 5.10 Å². The molecule has 0 spiro atoms. The Labute approximate surface area is 162 Å². The molecule has 146 valence electrons. The summed E-state index contributed by atoms with van der Waals surface area (Å²) >= 11 is 0. The average Bonchev–Trinajstić information content (AvgIpc) is 3.12. The zero-order valence-electron chi connectivity index (χ0n) is 15.7. The van der Waals surface area contributed by atoms with Crippen LogP contribution in [-0.4, -0.2) is 35.8 Å². The van der Waals surface area contributed by atoms with Crippen molar-refractivity contribution in [1.29, 1.82) is 0 Å². The van der Waals surface area contributed by atoms with Crippen molar-refractivity contribution >= 4 is 17.6 Å². The summed E-state index contributed by atoms with van der Waals surface area (Å²) in [6.45, 7) is 3.20. The first-order chi connectivity index (χ1) is 13.5. The van der Waals surface area contributed by atoms with E-state index in [1.807, 2.05) is 12.1 Å². The summed E-state index contributed by atoms with van der Waals surface area (Å²) in [6.07, 6.45) is 0.406. The highest BCUT2D eigenvalue weighted by molar-refractivity contribution is 6.05. The predicted octanol–water partition coefficient (Wildman–Crippen LogP) is 3.47. The lowest BCUT2D eigenvalue weighted by Crippen LogP contribution is -2.24. The molecule has 0 bridgehead atoms. The summed E-state index contributed by atoms with van der Waals surface area (Å²) in [4.78, 5) is 23.7. The third-order valence-electron chi connectivity index (χ3n) is 4.32. The topological polar surface area (TPSA) is 68.2 Å². The molecule has 2 aromatic carbocycles. The number of hydrogen-bond donors (Lipinski definition) is 0. The lowest BCUT2D eigenvalue weighted by molar-refractivity contribution is -0.145. The molecule has 0 unspecified atom stereocenters. The van der Waals surface area contributed by atoms with Crippen molar-refractivity contribution in [2.45, 2.75) is 26.3 Å². The van der Waals surface area contributed by atoms with Crippen LogP contribution in [0.2, 0.25) is 0 Å². The Hall–Kier alpha value is -3.22. The van der Waals surface area contributed by atoms with Crippen LogP contribution in [0.3, 0.4) is 0 Å². The van der Waals surface area contributed by atoms with Gasteiger partial charge in [0.2, 0.25) is 5.91 Å². The largest absolute Gasteiger partial charge is 0.481 e. The molecule has 0 aliphatic carbocycles. The molecular formula is C21H21FN2O4. The first kappa shape index (κ1) is 19.5. The maximum Gasteiger partial charge on any atom is 0.344 e. The van der Waals surface area contributed by atoms with E-state index in [0.29, 0.717) is 29.0 Å². The smallest absolute Gasteiger partial charge is 0.344 e. The molecule has 0 aromatic heterocycles. The van der Waals surface area contributed by atoms with Crippen LogP contribution in [-0.2, 0) is 14.3 Å². The fourth-order valence-electron chi connectivity index (χ4n) is 3.11. The third-order valence-corrected chi connectivity index (χ3v) is 4.32. The number of ether oxygens (including phenoxy) is 2. The summed E-state index contributed by atoms with van der Waals surface area (Å²) in [5.41, 5.74) is 1.97. The third kappa shape index (κ3) is 4.36. The van der Waals surface area contributed by atoms with Crippen molar-refractivity contribution < 1.29 is 23.5 Å². The number of benzene rings is 2. The molecule has 1 aliphatic rings. The quantitative estimate of drug-likeness (QED) is 0.716. The number of para-hydroxylation sites is 1. The van der Waals surface area contributed by atoms with Crippen molar-refractivity contribution in [2.24, 2.45) is 5.10 Å². The Bertz CT molecular complexity index is 913. The maximum atomic E-state index is 13.7. The van der Waals surface area contributed by atoms with Crippen molar-refractivity contribution in [3.8, 4) is 5.75 Å². The van der Waals surface area contributed by atoms with Gasteiger partial charge in [-0.3, -0.25) is 4.79 Å². The van der Waals surface area contributed by atoms with Gasteiger partial charge in [-0.15, -0.1) is 0 Å². The number of halogens is 1. The zero-order valence-corrected chi connectivity index (χ0v) is 15.7. The van der Waals surface area contributed by atoms with Crippen molar-refractivity contribution in [3.63, 3.8) is 0 Å². The second-order valence-electron chi connectivity index (χ2n) is 6.28. The molecule has 0 fully saturated rings. The van der Waals surface area contributed by atoms with E-state index in [1.54, 1.807) is 31.2 Å². The standard InChI is InChI=1S/C21H21FN2O4/c1-3-27-21(26)13-28-20-10-5-4-9-17(20)18-12-19(24(23-18)14(2)25)15-7-6-8-16(22)11-15/h4-11,19H,3,12-13H2,1-2H3/t19-/m1/s1. The summed E-state index contributed by atoms with van der Waals surface area (Å²) in [6, 6.07) is 12.9. The highest BCUT2D eigenvalue weighted by Gasteiger charge is 2.32. The van der Waals surface area contributed by atoms with Gasteiger partial charge in [0.05, 0.1) is 18.4 Å². The number of hydrazone groups is 1. The number of hydrogen-bond acceptors (Lipinski definition) is 5. The minimum Gasteiger partial charge on any atom is -0.481 e. The number of amides is 1. The highest BCUT2D eigenvalue weighted by Crippen LogP contribution is 2.35. The van der Waals surface area contributed by atoms with Gasteiger partial charge in [0, 0.05) is 18.9 Å². The molecule has 0 saturated carbocycles. The van der Waals surface area contributed by atoms with Crippen LogP contribution in [0.25, 0.3) is 0 Å². The van der Waals surface area contributed by atoms with Gasteiger partial charge in [0.1, 0.15) is 11.6 Å². The zero-order chi connectivity index (χ0) is 20.1. The second kappa shape index (κ2) is 8.65. The summed E-state index contributed by atoms with van der Waals surface area (Å²) in [5.74, 6) is -0.604. The molecule has 1 heterocycles. The van der Waals surface area contributed by atoms with E-state index in [0.717, 1.165) is 0 Å². The van der Waals surface area contributed by atoms with Gasteiger partial charge in [-0.25, -0.2) is 14.2 Å². The van der Waals surface area contributed by atoms with Gasteiger partial charge in [0.25, 0.3) is 0 Å². The normalized spacial score (nSPS) is 15.9. The Morgan fingerprint density at radius 3 is 2.71 bits per heavy atom. The summed E-state index contributed by atoms with van der Waals surface area (Å²) in [7, 11) is 0. The monoisotopic (exact) mass is 384 g/mol. The fraction of sp³-hybridized carbons (Fsp3) is 0.286. The number of carbonyl (C=O) groups is 2. The average molecular weight is 384 g/mol. The molecule has 0 saturated heterocycles. The van der Waals surface area contributed by atoms with E-state index in [4.69, 9.17) is 9.47 Å². The molecule has 0 radical (unpaired) electrons. The van der Waals surface area contributed by atoms with Crippen LogP contribution in [0.5, 0.6) is 5.75 Å². The Kier molecular flexibility index (Phi) is 6.03. The van der Waals surface area contributed by atoms with Gasteiger partial charge >= 0.3 is 5.97 Å². The van der Waals surface area contributed by atoms with E-state index in [2.05, 4.69) is 5.10 Å². The van der Waals surface area contributed by atoms with Crippen LogP contribution in [0.1, 0.15) is 37.4 Å². The number of carbonyl (C=O) groups excluding carboxylic acids is 2. The van der Waals surface area contributed by atoms with E-state index in [9.17, 15) is 14.0 Å². The SMILES string of the molecule is CCOC(=O)COc1ccccc1C1=NN(C(C)=O)[C@@H](c2cccc(F)c2)C1. The van der Waals surface area contributed by atoms with Gasteiger partial charge in [0.15, 0.2) is 6.61 Å². The van der Waals surface area contributed by atoms with E-state index < -0.39 is 12.0 Å². The molecule has 6 nitrogen and oxygen atoms in total. The van der Waals surface area contributed by atoms with Crippen LogP contribution in [0.15, 0.2) is 53.6 Å². The first-order valence-electron chi connectivity index (χ1n) is 9.00. The molecule has 28 heavy (non-hydrogen) atoms. The van der Waals surface area contributed by atoms with Gasteiger partial charge in [-0.1, -0.05) is 24.3 Å². The van der Waals surface area contributed by atoms with Gasteiger partial charge < -0.3 is 9.47 Å². The van der Waals surface area contributed by atoms with Crippen LogP contribution in [0.4, 0.5) is 4.39 Å². The van der Waals surface area contributed by atoms with E-state index in [1.165, 1.54) is 24.1 Å². The lowest BCUT2D eigenvalue weighted by atomic mass is 9.98. The van der Waals surface area contributed by atoms with E-state index >= 15 is 0 Å². The van der Waals surface area contributed by atoms with Crippen LogP contribution >= 0.6 is 0 Å². The predicted molar refractivity (Wildman–Crippen MR) is 101 cm³/mol. The number of nitrogens with zero attached hydrogens (tertiary/aromatic N) is 2. The molecule has 3 rings (SSSR count). The second-order valence-corrected chi connectivity index (χ2v) is 6.28. The van der Waals surface area contributed by atoms with Crippen molar-refractivity contribution in [3.05, 3.63) is 65.5 Å². The number of esters is 1. The molecular weight excluding hydrogens is 363 g/mol. The fourth-order valence-corrected chi connectivity index (χ4v) is 3.11. The molecule has 0 N–H and O–H groups in total. The molecule has 1 aliphatic heterocycles. The highest BCUT2D eigenvalue weighted by atomic mass is 19.1. The summed E-state index contributed by atoms with van der Waals surface area (Å²) < 4.78 is 24.1. The first-order valence-corrected chi connectivity index (χ1v) is 9.00. The minimum atomic E-state index is -0.464. The summed E-state index contributed by atoms with van der Waals surface area (Å²) in [5, 5.41) is 5.80. The van der Waals surface area contributed by atoms with E-state index in [-0.39, 0.29) is 24.9 Å². The van der Waals surface area contributed by atoms with Crippen molar-refractivity contribution in [2.75, 3.05) is 13.2 Å².